The van der Waals surface area contributed by atoms with Crippen LogP contribution in [0.15, 0.2) is 42.5 Å². The number of rotatable bonds is 7. The molecule has 7 heteroatoms. The van der Waals surface area contributed by atoms with E-state index in [1.54, 1.807) is 0 Å². The molecule has 0 aromatic heterocycles. The van der Waals surface area contributed by atoms with Crippen molar-refractivity contribution in [1.82, 2.24) is 10.2 Å². The number of carbonyl (C=O) groups excluding carboxylic acids is 2. The van der Waals surface area contributed by atoms with Crippen LogP contribution in [0.25, 0.3) is 0 Å². The van der Waals surface area contributed by atoms with Gasteiger partial charge >= 0.3 is 0 Å². The molecule has 1 amide bonds. The number of nitrogens with zero attached hydrogens (tertiary/aromatic N) is 1. The Kier molecular flexibility index (Phi) is 7.05. The summed E-state index contributed by atoms with van der Waals surface area (Å²) in [4.78, 5) is 26.8. The lowest BCUT2D eigenvalue weighted by molar-refractivity contribution is -0.137. The molecule has 0 radical (unpaired) electrons. The van der Waals surface area contributed by atoms with E-state index in [0.29, 0.717) is 17.1 Å². The zero-order valence-corrected chi connectivity index (χ0v) is 16.8. The Morgan fingerprint density at radius 3 is 2.39 bits per heavy atom. The van der Waals surface area contributed by atoms with Crippen LogP contribution in [0, 0.1) is 5.82 Å². The van der Waals surface area contributed by atoms with Crippen molar-refractivity contribution in [1.29, 1.82) is 0 Å². The summed E-state index contributed by atoms with van der Waals surface area (Å²) in [7, 11) is 0. The minimum absolute atomic E-state index is 0.0166. The number of nitrogens with one attached hydrogen (secondary N) is 1. The molecule has 1 fully saturated rings. The highest BCUT2D eigenvalue weighted by molar-refractivity contribution is 6.36. The summed E-state index contributed by atoms with van der Waals surface area (Å²) >= 11 is 11.6. The molecule has 148 valence electrons. The van der Waals surface area contributed by atoms with E-state index in [0.717, 1.165) is 31.5 Å². The van der Waals surface area contributed by atoms with Crippen LogP contribution in [0.2, 0.25) is 10.0 Å². The highest BCUT2D eigenvalue weighted by atomic mass is 35.5. The molecule has 2 aromatic carbocycles. The molecule has 1 heterocycles. The van der Waals surface area contributed by atoms with Gasteiger partial charge in [-0.1, -0.05) is 41.4 Å². The highest BCUT2D eigenvalue weighted by Crippen LogP contribution is 2.25. The SMILES string of the molecule is O=C(Cc1ccc(Cl)c(F)c1)C(=O)NCC(c1ccc(Cl)cc1)N1CCCC1. The second-order valence-corrected chi connectivity index (χ2v) is 7.71. The Labute approximate surface area is 173 Å². The summed E-state index contributed by atoms with van der Waals surface area (Å²) in [6.45, 7) is 2.21. The summed E-state index contributed by atoms with van der Waals surface area (Å²) in [6.07, 6.45) is 2.05. The average molecular weight is 423 g/mol. The summed E-state index contributed by atoms with van der Waals surface area (Å²) in [5.41, 5.74) is 1.45. The fraction of sp³-hybridized carbons (Fsp3) is 0.333. The molecule has 0 saturated carbocycles. The van der Waals surface area contributed by atoms with Crippen LogP contribution in [-0.4, -0.2) is 36.2 Å². The molecular formula is C21H21Cl2FN2O2. The monoisotopic (exact) mass is 422 g/mol. The summed E-state index contributed by atoms with van der Waals surface area (Å²) in [5.74, 6) is -1.89. The number of hydrogen-bond donors (Lipinski definition) is 1. The topological polar surface area (TPSA) is 49.4 Å². The Morgan fingerprint density at radius 1 is 1.07 bits per heavy atom. The van der Waals surface area contributed by atoms with Gasteiger partial charge in [0.15, 0.2) is 0 Å². The normalized spacial score (nSPS) is 15.4. The van der Waals surface area contributed by atoms with Gasteiger partial charge in [-0.3, -0.25) is 14.5 Å². The van der Waals surface area contributed by atoms with Gasteiger partial charge in [0.05, 0.1) is 11.1 Å². The molecule has 4 nitrogen and oxygen atoms in total. The quantitative estimate of drug-likeness (QED) is 0.680. The van der Waals surface area contributed by atoms with E-state index in [2.05, 4.69) is 10.2 Å². The molecule has 28 heavy (non-hydrogen) atoms. The van der Waals surface area contributed by atoms with Crippen molar-refractivity contribution >= 4 is 34.9 Å². The predicted octanol–water partition coefficient (Wildman–Crippen LogP) is 4.20. The first kappa shape index (κ1) is 20.8. The predicted molar refractivity (Wildman–Crippen MR) is 108 cm³/mol. The van der Waals surface area contributed by atoms with Crippen molar-refractivity contribution < 1.29 is 14.0 Å². The Hall–Kier alpha value is -1.95. The largest absolute Gasteiger partial charge is 0.348 e. The first-order chi connectivity index (χ1) is 13.4. The molecule has 1 unspecified atom stereocenters. The van der Waals surface area contributed by atoms with Gasteiger partial charge in [-0.2, -0.15) is 0 Å². The van der Waals surface area contributed by atoms with Crippen molar-refractivity contribution in [2.45, 2.75) is 25.3 Å². The maximum Gasteiger partial charge on any atom is 0.287 e. The number of hydrogen-bond acceptors (Lipinski definition) is 3. The van der Waals surface area contributed by atoms with Gasteiger partial charge in [-0.15, -0.1) is 0 Å². The van der Waals surface area contributed by atoms with E-state index in [1.165, 1.54) is 18.2 Å². The highest BCUT2D eigenvalue weighted by Gasteiger charge is 2.25. The maximum absolute atomic E-state index is 13.5. The van der Waals surface area contributed by atoms with Crippen molar-refractivity contribution in [2.75, 3.05) is 19.6 Å². The van der Waals surface area contributed by atoms with Crippen LogP contribution >= 0.6 is 23.2 Å². The molecule has 1 saturated heterocycles. The van der Waals surface area contributed by atoms with Crippen molar-refractivity contribution in [3.05, 3.63) is 69.5 Å². The van der Waals surface area contributed by atoms with Crippen LogP contribution in [-0.2, 0) is 16.0 Å². The van der Waals surface area contributed by atoms with Gasteiger partial charge in [0.1, 0.15) is 5.82 Å². The fourth-order valence-electron chi connectivity index (χ4n) is 3.40. The average Bonchev–Trinajstić information content (AvgIpc) is 3.20. The second-order valence-electron chi connectivity index (χ2n) is 6.87. The Bertz CT molecular complexity index is 852. The first-order valence-corrected chi connectivity index (χ1v) is 9.94. The number of ketones is 1. The third-order valence-electron chi connectivity index (χ3n) is 4.89. The third kappa shape index (κ3) is 5.31. The molecule has 1 aliphatic heterocycles. The number of Topliss-reactive ketones (excluding diaryl/α,β-unsaturated/α-hetero) is 1. The van der Waals surface area contributed by atoms with Gasteiger partial charge in [-0.25, -0.2) is 4.39 Å². The van der Waals surface area contributed by atoms with Crippen LogP contribution in [0.3, 0.4) is 0 Å². The Balaban J connectivity index is 1.63. The van der Waals surface area contributed by atoms with Gasteiger partial charge in [-0.05, 0) is 61.3 Å². The first-order valence-electron chi connectivity index (χ1n) is 9.18. The van der Waals surface area contributed by atoms with E-state index in [1.807, 2.05) is 24.3 Å². The molecule has 0 bridgehead atoms. The number of amides is 1. The number of likely N-dealkylation sites (tertiary alicyclic amines) is 1. The minimum Gasteiger partial charge on any atom is -0.348 e. The van der Waals surface area contributed by atoms with E-state index in [-0.39, 0.29) is 17.5 Å². The Morgan fingerprint density at radius 2 is 1.75 bits per heavy atom. The molecule has 1 atom stereocenters. The molecule has 0 spiro atoms. The van der Waals surface area contributed by atoms with Crippen molar-refractivity contribution in [3.63, 3.8) is 0 Å². The molecule has 2 aromatic rings. The van der Waals surface area contributed by atoms with Crippen molar-refractivity contribution in [3.8, 4) is 0 Å². The van der Waals surface area contributed by atoms with Crippen molar-refractivity contribution in [2.24, 2.45) is 0 Å². The lowest BCUT2D eigenvalue weighted by Crippen LogP contribution is -2.40. The molecule has 1 N–H and O–H groups in total. The van der Waals surface area contributed by atoms with E-state index < -0.39 is 17.5 Å². The van der Waals surface area contributed by atoms with Crippen LogP contribution in [0.5, 0.6) is 0 Å². The van der Waals surface area contributed by atoms with Gasteiger partial charge in [0.25, 0.3) is 5.91 Å². The van der Waals surface area contributed by atoms with Crippen LogP contribution in [0.4, 0.5) is 4.39 Å². The third-order valence-corrected chi connectivity index (χ3v) is 5.45. The summed E-state index contributed by atoms with van der Waals surface area (Å²) in [6, 6.07) is 11.6. The molecule has 1 aliphatic rings. The lowest BCUT2D eigenvalue weighted by atomic mass is 10.0. The maximum atomic E-state index is 13.5. The van der Waals surface area contributed by atoms with E-state index in [9.17, 15) is 14.0 Å². The summed E-state index contributed by atoms with van der Waals surface area (Å²) in [5, 5.41) is 3.37. The standard InChI is InChI=1S/C21H21Cl2FN2O2/c22-16-6-4-15(5-7-16)19(26-9-1-2-10-26)13-25-21(28)20(27)12-14-3-8-17(23)18(24)11-14/h3-8,11,19H,1-2,9-10,12-13H2,(H,25,28). The number of halogens is 3. The summed E-state index contributed by atoms with van der Waals surface area (Å²) < 4.78 is 13.5. The van der Waals surface area contributed by atoms with Gasteiger partial charge < -0.3 is 5.32 Å². The molecule has 0 aliphatic carbocycles. The smallest absolute Gasteiger partial charge is 0.287 e. The number of carbonyl (C=O) groups is 2. The molecule has 3 rings (SSSR count). The fourth-order valence-corrected chi connectivity index (χ4v) is 3.64. The van der Waals surface area contributed by atoms with E-state index >= 15 is 0 Å². The zero-order valence-electron chi connectivity index (χ0n) is 15.3. The second kappa shape index (κ2) is 9.50. The van der Waals surface area contributed by atoms with E-state index in [4.69, 9.17) is 23.2 Å². The zero-order chi connectivity index (χ0) is 20.1. The lowest BCUT2D eigenvalue weighted by Gasteiger charge is -2.28. The minimum atomic E-state index is -0.673. The van der Waals surface area contributed by atoms with Gasteiger partial charge in [0, 0.05) is 18.0 Å². The van der Waals surface area contributed by atoms with Gasteiger partial charge in [0.2, 0.25) is 5.78 Å². The molecular weight excluding hydrogens is 402 g/mol. The number of benzene rings is 2. The van der Waals surface area contributed by atoms with Crippen LogP contribution in [0.1, 0.15) is 30.0 Å². The van der Waals surface area contributed by atoms with Crippen LogP contribution < -0.4 is 5.32 Å².